The lowest BCUT2D eigenvalue weighted by atomic mass is 9.96. The number of benzene rings is 2. The Morgan fingerprint density at radius 2 is 1.77 bits per heavy atom. The molecule has 1 saturated carbocycles. The molecular weight excluding hydrogens is 394 g/mol. The largest absolute Gasteiger partial charge is 0.376 e. The third kappa shape index (κ3) is 4.64. The molecule has 2 N–H and O–H groups in total. The third-order valence-electron chi connectivity index (χ3n) is 6.17. The molecule has 2 amide bonds. The van der Waals surface area contributed by atoms with Crippen molar-refractivity contribution in [3.05, 3.63) is 65.2 Å². The summed E-state index contributed by atoms with van der Waals surface area (Å²) in [4.78, 5) is 27.2. The van der Waals surface area contributed by atoms with Crippen LogP contribution in [0.1, 0.15) is 34.3 Å². The van der Waals surface area contributed by atoms with Crippen LogP contribution in [-0.2, 0) is 10.2 Å². The average Bonchev–Trinajstić information content (AvgIpc) is 3.59. The molecule has 0 bridgehead atoms. The Bertz CT molecular complexity index is 906. The first kappa shape index (κ1) is 20.8. The molecule has 1 heterocycles. The minimum Gasteiger partial charge on any atom is -0.376 e. The monoisotopic (exact) mass is 423 g/mol. The molecule has 0 unspecified atom stereocenters. The molecule has 0 aromatic heterocycles. The summed E-state index contributed by atoms with van der Waals surface area (Å²) in [6.45, 7) is 4.41. The number of amides is 2. The van der Waals surface area contributed by atoms with E-state index in [2.05, 4.69) is 34.9 Å². The first-order chi connectivity index (χ1) is 14.6. The number of nitrogens with zero attached hydrogens (tertiary/aromatic N) is 1. The van der Waals surface area contributed by atoms with Gasteiger partial charge in [-0.05, 0) is 43.0 Å². The number of anilines is 1. The second kappa shape index (κ2) is 9.13. The van der Waals surface area contributed by atoms with E-state index >= 15 is 0 Å². The van der Waals surface area contributed by atoms with Crippen LogP contribution in [0.25, 0.3) is 0 Å². The van der Waals surface area contributed by atoms with Gasteiger partial charge in [0.1, 0.15) is 0 Å². The summed E-state index contributed by atoms with van der Waals surface area (Å²) >= 11 is 1.89. The molecule has 2 aliphatic rings. The maximum atomic E-state index is 12.9. The van der Waals surface area contributed by atoms with Crippen molar-refractivity contribution in [2.75, 3.05) is 43.0 Å². The van der Waals surface area contributed by atoms with E-state index in [0.29, 0.717) is 12.1 Å². The summed E-state index contributed by atoms with van der Waals surface area (Å²) in [5, 5.41) is 6.30. The van der Waals surface area contributed by atoms with Crippen LogP contribution in [0.2, 0.25) is 0 Å². The maximum absolute atomic E-state index is 12.9. The molecule has 5 nitrogen and oxygen atoms in total. The Kier molecular flexibility index (Phi) is 6.32. The van der Waals surface area contributed by atoms with E-state index in [1.807, 2.05) is 47.9 Å². The maximum Gasteiger partial charge on any atom is 0.254 e. The highest BCUT2D eigenvalue weighted by atomic mass is 32.2. The van der Waals surface area contributed by atoms with Gasteiger partial charge in [0.2, 0.25) is 5.91 Å². The van der Waals surface area contributed by atoms with Crippen molar-refractivity contribution in [3.8, 4) is 0 Å². The van der Waals surface area contributed by atoms with Crippen LogP contribution in [0.15, 0.2) is 48.5 Å². The molecular formula is C24H29N3O2S. The third-order valence-corrected chi connectivity index (χ3v) is 7.11. The summed E-state index contributed by atoms with van der Waals surface area (Å²) in [7, 11) is 0. The molecule has 2 aromatic carbocycles. The fraction of sp³-hybridized carbons (Fsp3) is 0.417. The minimum absolute atomic E-state index is 0.0265. The topological polar surface area (TPSA) is 61.4 Å². The fourth-order valence-corrected chi connectivity index (χ4v) is 4.91. The van der Waals surface area contributed by atoms with Crippen LogP contribution < -0.4 is 10.6 Å². The lowest BCUT2D eigenvalue weighted by Crippen LogP contribution is -2.38. The smallest absolute Gasteiger partial charge is 0.254 e. The Morgan fingerprint density at radius 1 is 1.03 bits per heavy atom. The zero-order valence-corrected chi connectivity index (χ0v) is 18.3. The number of hydrogen-bond acceptors (Lipinski definition) is 4. The summed E-state index contributed by atoms with van der Waals surface area (Å²) < 4.78 is 0. The molecule has 1 aliphatic carbocycles. The molecule has 158 valence electrons. The average molecular weight is 424 g/mol. The van der Waals surface area contributed by atoms with Gasteiger partial charge in [-0.3, -0.25) is 9.59 Å². The SMILES string of the molecule is Cc1c(NCC(=O)NCC2(c3ccccc3)CC2)cccc1C(=O)N1CCSCC1. The van der Waals surface area contributed by atoms with E-state index in [1.165, 1.54) is 5.56 Å². The number of rotatable bonds is 7. The standard InChI is InChI=1S/C24H29N3O2S/c1-18-20(23(29)27-12-14-30-15-13-27)8-5-9-21(18)25-16-22(28)26-17-24(10-11-24)19-6-3-2-4-7-19/h2-9,25H,10-17H2,1H3,(H,26,28). The van der Waals surface area contributed by atoms with Gasteiger partial charge in [-0.25, -0.2) is 0 Å². The van der Waals surface area contributed by atoms with E-state index in [0.717, 1.165) is 48.7 Å². The van der Waals surface area contributed by atoms with Crippen LogP contribution in [0.3, 0.4) is 0 Å². The molecule has 0 spiro atoms. The molecule has 30 heavy (non-hydrogen) atoms. The van der Waals surface area contributed by atoms with Crippen molar-refractivity contribution in [1.29, 1.82) is 0 Å². The van der Waals surface area contributed by atoms with Crippen molar-refractivity contribution in [2.45, 2.75) is 25.2 Å². The Labute approximate surface area is 182 Å². The fourth-order valence-electron chi connectivity index (χ4n) is 4.01. The van der Waals surface area contributed by atoms with Crippen LogP contribution in [0, 0.1) is 6.92 Å². The van der Waals surface area contributed by atoms with Gasteiger partial charge in [-0.2, -0.15) is 11.8 Å². The highest BCUT2D eigenvalue weighted by Gasteiger charge is 2.44. The highest BCUT2D eigenvalue weighted by Crippen LogP contribution is 2.47. The number of hydrogen-bond donors (Lipinski definition) is 2. The Morgan fingerprint density at radius 3 is 2.47 bits per heavy atom. The number of carbonyl (C=O) groups is 2. The van der Waals surface area contributed by atoms with Gasteiger partial charge in [0, 0.05) is 47.8 Å². The predicted octanol–water partition coefficient (Wildman–Crippen LogP) is 3.44. The van der Waals surface area contributed by atoms with E-state index in [-0.39, 0.29) is 23.8 Å². The minimum atomic E-state index is -0.0265. The lowest BCUT2D eigenvalue weighted by molar-refractivity contribution is -0.119. The Balaban J connectivity index is 1.32. The number of carbonyl (C=O) groups excluding carboxylic acids is 2. The van der Waals surface area contributed by atoms with Gasteiger partial charge in [0.15, 0.2) is 0 Å². The predicted molar refractivity (Wildman–Crippen MR) is 123 cm³/mol. The van der Waals surface area contributed by atoms with Crippen molar-refractivity contribution < 1.29 is 9.59 Å². The molecule has 4 rings (SSSR count). The van der Waals surface area contributed by atoms with Gasteiger partial charge in [0.25, 0.3) is 5.91 Å². The van der Waals surface area contributed by atoms with Gasteiger partial charge in [0.05, 0.1) is 6.54 Å². The quantitative estimate of drug-likeness (QED) is 0.716. The van der Waals surface area contributed by atoms with Crippen LogP contribution in [-0.4, -0.2) is 54.4 Å². The zero-order valence-electron chi connectivity index (χ0n) is 17.4. The van der Waals surface area contributed by atoms with Gasteiger partial charge < -0.3 is 15.5 Å². The molecule has 0 atom stereocenters. The van der Waals surface area contributed by atoms with Gasteiger partial charge in [-0.15, -0.1) is 0 Å². The molecule has 1 saturated heterocycles. The normalized spacial score (nSPS) is 17.3. The number of thioether (sulfide) groups is 1. The second-order valence-corrected chi connectivity index (χ2v) is 9.38. The molecule has 1 aliphatic heterocycles. The molecule has 2 aromatic rings. The van der Waals surface area contributed by atoms with Crippen LogP contribution in [0.5, 0.6) is 0 Å². The van der Waals surface area contributed by atoms with Crippen LogP contribution in [0.4, 0.5) is 5.69 Å². The van der Waals surface area contributed by atoms with Gasteiger partial charge >= 0.3 is 0 Å². The highest BCUT2D eigenvalue weighted by molar-refractivity contribution is 7.99. The van der Waals surface area contributed by atoms with Crippen molar-refractivity contribution in [2.24, 2.45) is 0 Å². The summed E-state index contributed by atoms with van der Waals surface area (Å²) in [5.41, 5.74) is 3.86. The van der Waals surface area contributed by atoms with Crippen molar-refractivity contribution in [3.63, 3.8) is 0 Å². The summed E-state index contributed by atoms with van der Waals surface area (Å²) in [5.74, 6) is 2.04. The zero-order chi connectivity index (χ0) is 21.0. The van der Waals surface area contributed by atoms with Crippen molar-refractivity contribution in [1.82, 2.24) is 10.2 Å². The summed E-state index contributed by atoms with van der Waals surface area (Å²) in [6.07, 6.45) is 2.23. The number of nitrogens with one attached hydrogen (secondary N) is 2. The van der Waals surface area contributed by atoms with E-state index in [9.17, 15) is 9.59 Å². The lowest BCUT2D eigenvalue weighted by Gasteiger charge is -2.27. The first-order valence-electron chi connectivity index (χ1n) is 10.6. The van der Waals surface area contributed by atoms with Gasteiger partial charge in [-0.1, -0.05) is 36.4 Å². The van der Waals surface area contributed by atoms with E-state index in [1.54, 1.807) is 0 Å². The molecule has 6 heteroatoms. The second-order valence-electron chi connectivity index (χ2n) is 8.16. The Hall–Kier alpha value is -2.47. The van der Waals surface area contributed by atoms with Crippen LogP contribution >= 0.6 is 11.8 Å². The van der Waals surface area contributed by atoms with Crippen molar-refractivity contribution >= 4 is 29.3 Å². The van der Waals surface area contributed by atoms with E-state index < -0.39 is 0 Å². The molecule has 2 fully saturated rings. The summed E-state index contributed by atoms with van der Waals surface area (Å²) in [6, 6.07) is 16.1. The van der Waals surface area contributed by atoms with E-state index in [4.69, 9.17) is 0 Å². The molecule has 0 radical (unpaired) electrons. The first-order valence-corrected chi connectivity index (χ1v) is 11.8.